The zero-order valence-corrected chi connectivity index (χ0v) is 17.4. The van der Waals surface area contributed by atoms with Crippen molar-refractivity contribution in [2.75, 3.05) is 13.1 Å². The number of carbonyl (C=O) groups excluding carboxylic acids is 3. The normalized spacial score (nSPS) is 12.0. The molecular formula is C22H24F3N3O4. The number of Topliss-reactive ketones (excluding diaryl/α,β-unsaturated/α-hetero) is 1. The van der Waals surface area contributed by atoms with Crippen molar-refractivity contribution in [2.45, 2.75) is 32.2 Å². The molecule has 0 aliphatic carbocycles. The molecule has 2 amide bonds. The molecule has 0 aliphatic rings. The SMILES string of the molecule is CC(=O)CCNC(=O)c1ccc(CCNC(=O)C(N)c2ccc(OC(F)(F)F)cc2)cc1. The molecule has 2 aromatic rings. The summed E-state index contributed by atoms with van der Waals surface area (Å²) < 4.78 is 40.4. The van der Waals surface area contributed by atoms with Gasteiger partial charge in [-0.3, -0.25) is 14.4 Å². The van der Waals surface area contributed by atoms with Gasteiger partial charge in [0.25, 0.3) is 5.91 Å². The van der Waals surface area contributed by atoms with Gasteiger partial charge in [0.2, 0.25) is 5.91 Å². The van der Waals surface area contributed by atoms with Crippen LogP contribution in [0.2, 0.25) is 0 Å². The van der Waals surface area contributed by atoms with Gasteiger partial charge in [0.1, 0.15) is 17.6 Å². The number of ketones is 1. The first-order chi connectivity index (χ1) is 15.0. The largest absolute Gasteiger partial charge is 0.573 e. The van der Waals surface area contributed by atoms with Crippen molar-refractivity contribution in [3.63, 3.8) is 0 Å². The van der Waals surface area contributed by atoms with Crippen LogP contribution in [0.1, 0.15) is 40.9 Å². The number of halogens is 3. The molecule has 172 valence electrons. The number of rotatable bonds is 10. The minimum absolute atomic E-state index is 0.00472. The molecule has 0 fully saturated rings. The Kier molecular flexibility index (Phi) is 8.77. The quantitative estimate of drug-likeness (QED) is 0.515. The molecular weight excluding hydrogens is 427 g/mol. The van der Waals surface area contributed by atoms with E-state index in [1.165, 1.54) is 19.1 Å². The predicted octanol–water partition coefficient (Wildman–Crippen LogP) is 2.65. The summed E-state index contributed by atoms with van der Waals surface area (Å²) in [6.45, 7) is 2.02. The average Bonchev–Trinajstić information content (AvgIpc) is 2.72. The highest BCUT2D eigenvalue weighted by atomic mass is 19.4. The molecule has 0 saturated heterocycles. The van der Waals surface area contributed by atoms with E-state index in [9.17, 15) is 27.6 Å². The zero-order valence-electron chi connectivity index (χ0n) is 17.4. The Hall–Kier alpha value is -3.40. The number of amides is 2. The molecule has 0 aromatic heterocycles. The second-order valence-electron chi connectivity index (χ2n) is 7.04. The van der Waals surface area contributed by atoms with E-state index in [-0.39, 0.29) is 31.2 Å². The average molecular weight is 451 g/mol. The maximum absolute atomic E-state index is 12.2. The number of benzene rings is 2. The molecule has 0 aliphatic heterocycles. The van der Waals surface area contributed by atoms with Gasteiger partial charge in [0.05, 0.1) is 0 Å². The molecule has 0 radical (unpaired) electrons. The van der Waals surface area contributed by atoms with E-state index in [0.29, 0.717) is 17.5 Å². The Morgan fingerprint density at radius 2 is 1.59 bits per heavy atom. The standard InChI is InChI=1S/C22H24F3N3O4/c1-14(29)10-12-27-20(30)17-4-2-15(3-5-17)11-13-28-21(31)19(26)16-6-8-18(9-7-16)32-22(23,24)25/h2-9,19H,10-13,26H2,1H3,(H,27,30)(H,28,31). The van der Waals surface area contributed by atoms with E-state index in [0.717, 1.165) is 17.7 Å². The van der Waals surface area contributed by atoms with Crippen molar-refractivity contribution in [3.05, 3.63) is 65.2 Å². The van der Waals surface area contributed by atoms with E-state index in [1.807, 2.05) is 0 Å². The molecule has 0 bridgehead atoms. The Balaban J connectivity index is 1.79. The first-order valence-electron chi connectivity index (χ1n) is 9.81. The van der Waals surface area contributed by atoms with Crippen molar-refractivity contribution < 1.29 is 32.3 Å². The van der Waals surface area contributed by atoms with Gasteiger partial charge in [-0.2, -0.15) is 0 Å². The number of hydrogen-bond donors (Lipinski definition) is 3. The van der Waals surface area contributed by atoms with E-state index in [1.54, 1.807) is 24.3 Å². The fourth-order valence-corrected chi connectivity index (χ4v) is 2.75. The summed E-state index contributed by atoms with van der Waals surface area (Å²) in [5.74, 6) is -1.15. The number of carbonyl (C=O) groups is 3. The molecule has 1 atom stereocenters. The van der Waals surface area contributed by atoms with Crippen molar-refractivity contribution in [3.8, 4) is 5.75 Å². The van der Waals surface area contributed by atoms with Crippen molar-refractivity contribution >= 4 is 17.6 Å². The van der Waals surface area contributed by atoms with Crippen LogP contribution >= 0.6 is 0 Å². The Morgan fingerprint density at radius 3 is 2.16 bits per heavy atom. The van der Waals surface area contributed by atoms with Crippen LogP contribution in [0.5, 0.6) is 5.75 Å². The highest BCUT2D eigenvalue weighted by Crippen LogP contribution is 2.24. The van der Waals surface area contributed by atoms with Gasteiger partial charge >= 0.3 is 6.36 Å². The smallest absolute Gasteiger partial charge is 0.406 e. The van der Waals surface area contributed by atoms with Crippen LogP contribution < -0.4 is 21.1 Å². The maximum Gasteiger partial charge on any atom is 0.573 e. The fraction of sp³-hybridized carbons (Fsp3) is 0.318. The molecule has 0 heterocycles. The van der Waals surface area contributed by atoms with Gasteiger partial charge in [-0.15, -0.1) is 13.2 Å². The van der Waals surface area contributed by atoms with Crippen LogP contribution in [0.25, 0.3) is 0 Å². The van der Waals surface area contributed by atoms with E-state index in [2.05, 4.69) is 15.4 Å². The lowest BCUT2D eigenvalue weighted by atomic mass is 10.1. The van der Waals surface area contributed by atoms with Gasteiger partial charge in [-0.1, -0.05) is 24.3 Å². The topological polar surface area (TPSA) is 111 Å². The molecule has 0 spiro atoms. The van der Waals surface area contributed by atoms with Crippen LogP contribution in [-0.2, 0) is 16.0 Å². The summed E-state index contributed by atoms with van der Waals surface area (Å²) in [5.41, 5.74) is 7.55. The van der Waals surface area contributed by atoms with E-state index in [4.69, 9.17) is 5.73 Å². The van der Waals surface area contributed by atoms with Gasteiger partial charge in [0.15, 0.2) is 0 Å². The molecule has 32 heavy (non-hydrogen) atoms. The zero-order chi connectivity index (χ0) is 23.7. The summed E-state index contributed by atoms with van der Waals surface area (Å²) in [5, 5.41) is 5.33. The lowest BCUT2D eigenvalue weighted by Crippen LogP contribution is -2.35. The van der Waals surface area contributed by atoms with Crippen molar-refractivity contribution in [1.29, 1.82) is 0 Å². The van der Waals surface area contributed by atoms with Crippen LogP contribution in [0, 0.1) is 0 Å². The summed E-state index contributed by atoms with van der Waals surface area (Å²) in [4.78, 5) is 35.1. The van der Waals surface area contributed by atoms with Crippen LogP contribution in [0.4, 0.5) is 13.2 Å². The molecule has 7 nitrogen and oxygen atoms in total. The van der Waals surface area contributed by atoms with Crippen molar-refractivity contribution in [1.82, 2.24) is 10.6 Å². The van der Waals surface area contributed by atoms with E-state index >= 15 is 0 Å². The summed E-state index contributed by atoms with van der Waals surface area (Å²) in [6, 6.07) is 10.5. The third kappa shape index (κ3) is 8.38. The highest BCUT2D eigenvalue weighted by Gasteiger charge is 2.31. The van der Waals surface area contributed by atoms with Crippen LogP contribution in [0.15, 0.2) is 48.5 Å². The first kappa shape index (κ1) is 24.9. The maximum atomic E-state index is 12.2. The van der Waals surface area contributed by atoms with Crippen molar-refractivity contribution in [2.24, 2.45) is 5.73 Å². The molecule has 0 saturated carbocycles. The first-order valence-corrected chi connectivity index (χ1v) is 9.81. The lowest BCUT2D eigenvalue weighted by molar-refractivity contribution is -0.274. The van der Waals surface area contributed by atoms with E-state index < -0.39 is 24.1 Å². The summed E-state index contributed by atoms with van der Waals surface area (Å²) in [6.07, 6.45) is -4.03. The number of alkyl halides is 3. The second-order valence-corrected chi connectivity index (χ2v) is 7.04. The van der Waals surface area contributed by atoms with Gasteiger partial charge < -0.3 is 21.1 Å². The molecule has 2 rings (SSSR count). The Bertz CT molecular complexity index is 929. The minimum atomic E-state index is -4.79. The van der Waals surface area contributed by atoms with Gasteiger partial charge in [0, 0.05) is 25.1 Å². The second kappa shape index (κ2) is 11.3. The van der Waals surface area contributed by atoms with Crippen LogP contribution in [-0.4, -0.2) is 37.0 Å². The summed E-state index contributed by atoms with van der Waals surface area (Å²) in [7, 11) is 0. The molecule has 2 aromatic carbocycles. The number of nitrogens with one attached hydrogen (secondary N) is 2. The van der Waals surface area contributed by atoms with Gasteiger partial charge in [-0.25, -0.2) is 0 Å². The number of nitrogens with two attached hydrogens (primary N) is 1. The highest BCUT2D eigenvalue weighted by molar-refractivity contribution is 5.94. The Morgan fingerprint density at radius 1 is 0.969 bits per heavy atom. The fourth-order valence-electron chi connectivity index (χ4n) is 2.75. The summed E-state index contributed by atoms with van der Waals surface area (Å²) >= 11 is 0. The molecule has 4 N–H and O–H groups in total. The number of hydrogen-bond acceptors (Lipinski definition) is 5. The third-order valence-corrected chi connectivity index (χ3v) is 4.45. The predicted molar refractivity (Wildman–Crippen MR) is 111 cm³/mol. The lowest BCUT2D eigenvalue weighted by Gasteiger charge is -2.14. The minimum Gasteiger partial charge on any atom is -0.406 e. The molecule has 1 unspecified atom stereocenters. The number of ether oxygens (including phenoxy) is 1. The van der Waals surface area contributed by atoms with Gasteiger partial charge in [-0.05, 0) is 48.7 Å². The Labute approximate surface area is 183 Å². The third-order valence-electron chi connectivity index (χ3n) is 4.45. The molecule has 10 heteroatoms. The monoisotopic (exact) mass is 451 g/mol. The van der Waals surface area contributed by atoms with Crippen LogP contribution in [0.3, 0.4) is 0 Å².